The van der Waals surface area contributed by atoms with E-state index < -0.39 is 5.76 Å². The number of halogens is 2. The largest absolute Gasteiger partial charge is 0.384 e. The van der Waals surface area contributed by atoms with Crippen molar-refractivity contribution < 1.29 is 8.78 Å². The molecule has 2 aromatic rings. The first kappa shape index (κ1) is 12.6. The third kappa shape index (κ3) is 3.33. The zero-order chi connectivity index (χ0) is 13.0. The topological polar surface area (TPSA) is 50.9 Å². The Morgan fingerprint density at radius 2 is 2.00 bits per heavy atom. The smallest absolute Gasteiger partial charge is 0.288 e. The average Bonchev–Trinajstić information content (AvgIpc) is 2.31. The molecule has 0 aliphatic carbocycles. The van der Waals surface area contributed by atoms with Gasteiger partial charge in [0.15, 0.2) is 0 Å². The number of hydrogen-bond donors (Lipinski definition) is 2. The molecular formula is C12H11F2N3S. The lowest BCUT2D eigenvalue weighted by Crippen LogP contribution is -1.96. The Bertz CT molecular complexity index is 534. The summed E-state index contributed by atoms with van der Waals surface area (Å²) in [5, 5.41) is 3.04. The number of nitrogens with two attached hydrogens (primary N) is 1. The molecule has 1 aromatic carbocycles. The van der Waals surface area contributed by atoms with Gasteiger partial charge in [0.05, 0.1) is 5.69 Å². The summed E-state index contributed by atoms with van der Waals surface area (Å²) in [4.78, 5) is 4.35. The molecule has 0 saturated carbocycles. The molecule has 0 aliphatic heterocycles. The first-order valence-corrected chi connectivity index (χ1v) is 6.05. The lowest BCUT2D eigenvalue weighted by molar-refractivity contribution is 0.252. The van der Waals surface area contributed by atoms with Crippen molar-refractivity contribution in [2.24, 2.45) is 0 Å². The molecule has 0 bridgehead atoms. The van der Waals surface area contributed by atoms with Crippen LogP contribution in [0.2, 0.25) is 0 Å². The maximum absolute atomic E-state index is 12.4. The van der Waals surface area contributed by atoms with Gasteiger partial charge in [0.1, 0.15) is 5.82 Å². The van der Waals surface area contributed by atoms with Gasteiger partial charge < -0.3 is 11.1 Å². The van der Waals surface area contributed by atoms with Crippen molar-refractivity contribution in [2.45, 2.75) is 10.7 Å². The van der Waals surface area contributed by atoms with Crippen LogP contribution in [0.1, 0.15) is 0 Å². The van der Waals surface area contributed by atoms with Gasteiger partial charge in [-0.15, -0.1) is 0 Å². The van der Waals surface area contributed by atoms with Crippen molar-refractivity contribution in [2.75, 3.05) is 11.1 Å². The third-order valence-electron chi connectivity index (χ3n) is 2.16. The molecule has 0 radical (unpaired) electrons. The van der Waals surface area contributed by atoms with E-state index in [1.165, 1.54) is 0 Å². The second kappa shape index (κ2) is 5.68. The first-order valence-electron chi connectivity index (χ1n) is 5.17. The molecule has 2 rings (SSSR count). The number of nitrogens with zero attached hydrogens (tertiary/aromatic N) is 1. The highest BCUT2D eigenvalue weighted by molar-refractivity contribution is 7.99. The van der Waals surface area contributed by atoms with Gasteiger partial charge in [-0.05, 0) is 18.2 Å². The number of rotatable bonds is 4. The van der Waals surface area contributed by atoms with Crippen LogP contribution in [0.5, 0.6) is 0 Å². The quantitative estimate of drug-likeness (QED) is 0.829. The van der Waals surface area contributed by atoms with Gasteiger partial charge >= 0.3 is 0 Å². The molecule has 6 heteroatoms. The number of alkyl halides is 2. The van der Waals surface area contributed by atoms with Crippen LogP contribution in [0.3, 0.4) is 0 Å². The number of para-hydroxylation sites is 1. The number of pyridine rings is 1. The first-order chi connectivity index (χ1) is 8.65. The minimum atomic E-state index is -2.45. The van der Waals surface area contributed by atoms with Crippen LogP contribution in [-0.2, 0) is 0 Å². The lowest BCUT2D eigenvalue weighted by atomic mass is 10.3. The average molecular weight is 267 g/mol. The molecule has 1 heterocycles. The van der Waals surface area contributed by atoms with E-state index in [0.717, 1.165) is 0 Å². The molecule has 3 N–H and O–H groups in total. The van der Waals surface area contributed by atoms with Crippen LogP contribution in [0.4, 0.5) is 26.0 Å². The summed E-state index contributed by atoms with van der Waals surface area (Å²) in [5.74, 6) is -2.07. The number of hydrogen-bond acceptors (Lipinski definition) is 4. The Morgan fingerprint density at radius 3 is 2.72 bits per heavy atom. The molecule has 18 heavy (non-hydrogen) atoms. The Hall–Kier alpha value is -1.82. The highest BCUT2D eigenvalue weighted by atomic mass is 32.2. The zero-order valence-electron chi connectivity index (χ0n) is 9.31. The van der Waals surface area contributed by atoms with Crippen molar-refractivity contribution in [3.63, 3.8) is 0 Å². The van der Waals surface area contributed by atoms with Gasteiger partial charge in [-0.3, -0.25) is 0 Å². The summed E-state index contributed by atoms with van der Waals surface area (Å²) in [6, 6.07) is 10.2. The van der Waals surface area contributed by atoms with Gasteiger partial charge in [-0.1, -0.05) is 23.9 Å². The van der Waals surface area contributed by atoms with Crippen LogP contribution >= 0.6 is 11.8 Å². The van der Waals surface area contributed by atoms with Crippen molar-refractivity contribution in [3.05, 3.63) is 42.6 Å². The van der Waals surface area contributed by atoms with E-state index in [9.17, 15) is 8.78 Å². The minimum Gasteiger partial charge on any atom is -0.384 e. The van der Waals surface area contributed by atoms with Gasteiger partial charge in [0.25, 0.3) is 5.76 Å². The molecule has 94 valence electrons. The molecule has 0 saturated heterocycles. The Labute approximate surface area is 107 Å². The van der Waals surface area contributed by atoms with E-state index in [1.807, 2.05) is 0 Å². The van der Waals surface area contributed by atoms with Crippen molar-refractivity contribution in [1.82, 2.24) is 4.98 Å². The highest BCUT2D eigenvalue weighted by Gasteiger charge is 2.09. The van der Waals surface area contributed by atoms with Crippen LogP contribution in [0.15, 0.2) is 47.5 Å². The summed E-state index contributed by atoms with van der Waals surface area (Å²) in [6.07, 6.45) is 1.56. The molecule has 1 aromatic heterocycles. The van der Waals surface area contributed by atoms with Crippen LogP contribution in [-0.4, -0.2) is 10.7 Å². The monoisotopic (exact) mass is 267 g/mol. The molecule has 0 unspecified atom stereocenters. The van der Waals surface area contributed by atoms with E-state index >= 15 is 0 Å². The molecule has 0 aliphatic rings. The number of nitrogen functional groups attached to an aromatic ring is 1. The summed E-state index contributed by atoms with van der Waals surface area (Å²) in [7, 11) is 0. The summed E-state index contributed by atoms with van der Waals surface area (Å²) in [5.41, 5.74) is 6.89. The van der Waals surface area contributed by atoms with Gasteiger partial charge in [0, 0.05) is 22.8 Å². The predicted molar refractivity (Wildman–Crippen MR) is 70.2 cm³/mol. The Balaban J connectivity index is 2.23. The summed E-state index contributed by atoms with van der Waals surface area (Å²) < 4.78 is 24.8. The van der Waals surface area contributed by atoms with Crippen LogP contribution in [0, 0.1) is 0 Å². The third-order valence-corrected chi connectivity index (χ3v) is 2.95. The van der Waals surface area contributed by atoms with Crippen molar-refractivity contribution >= 4 is 29.0 Å². The standard InChI is InChI=1S/C12H11F2N3S/c13-12(14)18-10-4-2-1-3-9(10)17-8-5-6-16-11(15)7-8/h1-7,12H,(H3,15,16,17). The Morgan fingerprint density at radius 1 is 1.22 bits per heavy atom. The van der Waals surface area contributed by atoms with E-state index in [4.69, 9.17) is 5.73 Å². The number of nitrogens with one attached hydrogen (secondary N) is 1. The van der Waals surface area contributed by atoms with Gasteiger partial charge in [0.2, 0.25) is 0 Å². The molecule has 0 spiro atoms. The van der Waals surface area contributed by atoms with E-state index in [1.54, 1.807) is 42.6 Å². The number of anilines is 3. The normalized spacial score (nSPS) is 10.6. The molecule has 0 amide bonds. The van der Waals surface area contributed by atoms with Crippen molar-refractivity contribution in [3.8, 4) is 0 Å². The SMILES string of the molecule is Nc1cc(Nc2ccccc2SC(F)F)ccn1. The fourth-order valence-corrected chi connectivity index (χ4v) is 2.05. The summed E-state index contributed by atoms with van der Waals surface area (Å²) >= 11 is 0.506. The number of aromatic nitrogens is 1. The van der Waals surface area contributed by atoms with Crippen molar-refractivity contribution in [1.29, 1.82) is 0 Å². The predicted octanol–water partition coefficient (Wildman–Crippen LogP) is 3.72. The van der Waals surface area contributed by atoms with E-state index in [2.05, 4.69) is 10.3 Å². The Kier molecular flexibility index (Phi) is 3.99. The van der Waals surface area contributed by atoms with Gasteiger partial charge in [-0.2, -0.15) is 8.78 Å². The molecular weight excluding hydrogens is 256 g/mol. The van der Waals surface area contributed by atoms with Gasteiger partial charge in [-0.25, -0.2) is 4.98 Å². The molecule has 3 nitrogen and oxygen atoms in total. The number of benzene rings is 1. The zero-order valence-corrected chi connectivity index (χ0v) is 10.1. The maximum Gasteiger partial charge on any atom is 0.288 e. The second-order valence-corrected chi connectivity index (χ2v) is 4.50. The molecule has 0 fully saturated rings. The second-order valence-electron chi connectivity index (χ2n) is 3.47. The van der Waals surface area contributed by atoms with E-state index in [0.29, 0.717) is 33.9 Å². The summed E-state index contributed by atoms with van der Waals surface area (Å²) in [6.45, 7) is 0. The maximum atomic E-state index is 12.4. The van der Waals surface area contributed by atoms with Crippen LogP contribution < -0.4 is 11.1 Å². The lowest BCUT2D eigenvalue weighted by Gasteiger charge is -2.11. The molecule has 0 atom stereocenters. The minimum absolute atomic E-state index is 0.374. The fraction of sp³-hybridized carbons (Fsp3) is 0.0833. The fourth-order valence-electron chi connectivity index (χ4n) is 1.45. The number of thioether (sulfide) groups is 1. The van der Waals surface area contributed by atoms with E-state index in [-0.39, 0.29) is 0 Å². The van der Waals surface area contributed by atoms with Crippen LogP contribution in [0.25, 0.3) is 0 Å². The highest BCUT2D eigenvalue weighted by Crippen LogP contribution is 2.33.